The van der Waals surface area contributed by atoms with Gasteiger partial charge in [0.25, 0.3) is 5.71 Å². The zero-order valence-electron chi connectivity index (χ0n) is 12.7. The van der Waals surface area contributed by atoms with Crippen molar-refractivity contribution in [3.8, 4) is 0 Å². The van der Waals surface area contributed by atoms with E-state index in [0.29, 0.717) is 5.71 Å². The van der Waals surface area contributed by atoms with Crippen LogP contribution in [0.5, 0.6) is 0 Å². The summed E-state index contributed by atoms with van der Waals surface area (Å²) in [6.07, 6.45) is 4.54. The van der Waals surface area contributed by atoms with Gasteiger partial charge in [0, 0.05) is 13.1 Å². The Balaban J connectivity index is 1.63. The lowest BCUT2D eigenvalue weighted by Gasteiger charge is -2.27. The van der Waals surface area contributed by atoms with E-state index in [-0.39, 0.29) is 5.82 Å². The van der Waals surface area contributed by atoms with Crippen LogP contribution in [-0.2, 0) is 0 Å². The summed E-state index contributed by atoms with van der Waals surface area (Å²) < 4.78 is 18.2. The summed E-state index contributed by atoms with van der Waals surface area (Å²) in [5.74, 6) is 0.640. The third-order valence-electron chi connectivity index (χ3n) is 4.15. The van der Waals surface area contributed by atoms with Gasteiger partial charge in [0.2, 0.25) is 0 Å². The van der Waals surface area contributed by atoms with Crippen molar-refractivity contribution in [1.82, 2.24) is 15.1 Å². The molecule has 23 heavy (non-hydrogen) atoms. The van der Waals surface area contributed by atoms with Crippen LogP contribution >= 0.6 is 0 Å². The molecule has 5 nitrogen and oxygen atoms in total. The standard InChI is InChI=1S/C17H15FN4O/c1-11-15-16(19-10-20-17(15)23-21-11)22-8-6-13(7-9-22)12-2-4-14(18)5-3-12/h2-6,10H,7-9H2,1H3. The van der Waals surface area contributed by atoms with E-state index < -0.39 is 0 Å². The molecule has 0 bridgehead atoms. The molecule has 0 N–H and O–H groups in total. The number of halogens is 1. The lowest BCUT2D eigenvalue weighted by atomic mass is 9.99. The number of aryl methyl sites for hydroxylation is 1. The molecule has 0 amide bonds. The number of hydrogen-bond acceptors (Lipinski definition) is 5. The van der Waals surface area contributed by atoms with Gasteiger partial charge in [0.05, 0.1) is 5.69 Å². The van der Waals surface area contributed by atoms with Crippen molar-refractivity contribution in [2.75, 3.05) is 18.0 Å². The average Bonchev–Trinajstić information content (AvgIpc) is 2.97. The van der Waals surface area contributed by atoms with Crippen molar-refractivity contribution in [3.63, 3.8) is 0 Å². The number of hydrogen-bond donors (Lipinski definition) is 0. The second kappa shape index (κ2) is 5.46. The van der Waals surface area contributed by atoms with E-state index in [2.05, 4.69) is 26.1 Å². The zero-order valence-corrected chi connectivity index (χ0v) is 12.7. The Morgan fingerprint density at radius 1 is 1.17 bits per heavy atom. The third kappa shape index (κ3) is 2.46. The third-order valence-corrected chi connectivity index (χ3v) is 4.15. The van der Waals surface area contributed by atoms with Crippen molar-refractivity contribution >= 4 is 22.5 Å². The van der Waals surface area contributed by atoms with Crippen LogP contribution in [0.3, 0.4) is 0 Å². The van der Waals surface area contributed by atoms with Crippen LogP contribution < -0.4 is 4.90 Å². The van der Waals surface area contributed by atoms with Gasteiger partial charge in [-0.1, -0.05) is 23.4 Å². The predicted octanol–water partition coefficient (Wildman–Crippen LogP) is 3.36. The minimum absolute atomic E-state index is 0.210. The van der Waals surface area contributed by atoms with Crippen molar-refractivity contribution in [2.45, 2.75) is 13.3 Å². The molecule has 0 radical (unpaired) electrons. The molecule has 0 fully saturated rings. The molecule has 0 unspecified atom stereocenters. The highest BCUT2D eigenvalue weighted by molar-refractivity contribution is 5.88. The number of benzene rings is 1. The molecule has 6 heteroatoms. The van der Waals surface area contributed by atoms with Gasteiger partial charge in [-0.25, -0.2) is 9.37 Å². The molecular formula is C17H15FN4O. The largest absolute Gasteiger partial charge is 0.352 e. The van der Waals surface area contributed by atoms with Crippen LogP contribution in [0.2, 0.25) is 0 Å². The molecule has 3 heterocycles. The van der Waals surface area contributed by atoms with Gasteiger partial charge in [0.15, 0.2) is 0 Å². The quantitative estimate of drug-likeness (QED) is 0.726. The summed E-state index contributed by atoms with van der Waals surface area (Å²) in [4.78, 5) is 10.7. The molecule has 1 aliphatic rings. The van der Waals surface area contributed by atoms with Gasteiger partial charge in [-0.2, -0.15) is 4.98 Å². The van der Waals surface area contributed by atoms with Crippen LogP contribution in [0.25, 0.3) is 16.7 Å². The Morgan fingerprint density at radius 3 is 2.74 bits per heavy atom. The Bertz CT molecular complexity index is 885. The minimum Gasteiger partial charge on any atom is -0.352 e. The minimum atomic E-state index is -0.210. The van der Waals surface area contributed by atoms with E-state index in [1.54, 1.807) is 0 Å². The number of nitrogens with zero attached hydrogens (tertiary/aromatic N) is 4. The Hall–Kier alpha value is -2.76. The molecule has 0 spiro atoms. The number of anilines is 1. The monoisotopic (exact) mass is 310 g/mol. The average molecular weight is 310 g/mol. The van der Waals surface area contributed by atoms with Crippen LogP contribution in [0.15, 0.2) is 41.2 Å². The van der Waals surface area contributed by atoms with Crippen LogP contribution in [0, 0.1) is 12.7 Å². The van der Waals surface area contributed by atoms with Gasteiger partial charge < -0.3 is 9.42 Å². The van der Waals surface area contributed by atoms with Crippen molar-refractivity contribution in [1.29, 1.82) is 0 Å². The van der Waals surface area contributed by atoms with E-state index in [1.807, 2.05) is 19.1 Å². The zero-order chi connectivity index (χ0) is 15.8. The van der Waals surface area contributed by atoms with E-state index in [4.69, 9.17) is 4.52 Å². The SMILES string of the molecule is Cc1noc2ncnc(N3CC=C(c4ccc(F)cc4)CC3)c12. The smallest absolute Gasteiger partial charge is 0.263 e. The Kier molecular flexibility index (Phi) is 3.29. The van der Waals surface area contributed by atoms with Crippen LogP contribution in [0.4, 0.5) is 10.2 Å². The molecule has 0 atom stereocenters. The molecule has 4 rings (SSSR count). The summed E-state index contributed by atoms with van der Waals surface area (Å²) >= 11 is 0. The first-order valence-electron chi connectivity index (χ1n) is 7.49. The van der Waals surface area contributed by atoms with Crippen molar-refractivity contribution in [3.05, 3.63) is 53.7 Å². The highest BCUT2D eigenvalue weighted by Gasteiger charge is 2.20. The number of fused-ring (bicyclic) bond motifs is 1. The van der Waals surface area contributed by atoms with Crippen molar-refractivity contribution < 1.29 is 8.91 Å². The fraction of sp³-hybridized carbons (Fsp3) is 0.235. The first-order chi connectivity index (χ1) is 11.2. The molecule has 0 saturated heterocycles. The fourth-order valence-electron chi connectivity index (χ4n) is 2.93. The predicted molar refractivity (Wildman–Crippen MR) is 85.5 cm³/mol. The molecule has 2 aromatic heterocycles. The van der Waals surface area contributed by atoms with E-state index in [1.165, 1.54) is 24.0 Å². The summed E-state index contributed by atoms with van der Waals surface area (Å²) in [6, 6.07) is 6.64. The van der Waals surface area contributed by atoms with Gasteiger partial charge in [-0.15, -0.1) is 0 Å². The van der Waals surface area contributed by atoms with Gasteiger partial charge in [0.1, 0.15) is 23.3 Å². The van der Waals surface area contributed by atoms with Crippen LogP contribution in [0.1, 0.15) is 17.7 Å². The molecular weight excluding hydrogens is 295 g/mol. The lowest BCUT2D eigenvalue weighted by molar-refractivity contribution is 0.442. The highest BCUT2D eigenvalue weighted by atomic mass is 19.1. The molecule has 0 saturated carbocycles. The summed E-state index contributed by atoms with van der Waals surface area (Å²) in [6.45, 7) is 3.46. The van der Waals surface area contributed by atoms with Gasteiger partial charge in [-0.05, 0) is 36.6 Å². The highest BCUT2D eigenvalue weighted by Crippen LogP contribution is 2.30. The number of rotatable bonds is 2. The van der Waals surface area contributed by atoms with E-state index >= 15 is 0 Å². The molecule has 116 valence electrons. The normalized spacial score (nSPS) is 15.0. The summed E-state index contributed by atoms with van der Waals surface area (Å²) in [5, 5.41) is 4.83. The number of aromatic nitrogens is 3. The second-order valence-corrected chi connectivity index (χ2v) is 5.58. The van der Waals surface area contributed by atoms with Gasteiger partial charge in [-0.3, -0.25) is 0 Å². The molecule has 0 aliphatic carbocycles. The van der Waals surface area contributed by atoms with Gasteiger partial charge >= 0.3 is 0 Å². The lowest BCUT2D eigenvalue weighted by Crippen LogP contribution is -2.29. The maximum absolute atomic E-state index is 13.0. The van der Waals surface area contributed by atoms with Crippen molar-refractivity contribution in [2.24, 2.45) is 0 Å². The maximum Gasteiger partial charge on any atom is 0.263 e. The molecule has 1 aromatic carbocycles. The summed E-state index contributed by atoms with van der Waals surface area (Å²) in [5.41, 5.74) is 3.61. The molecule has 1 aliphatic heterocycles. The first kappa shape index (κ1) is 13.9. The molecule has 3 aromatic rings. The topological polar surface area (TPSA) is 55.1 Å². The fourth-order valence-corrected chi connectivity index (χ4v) is 2.93. The first-order valence-corrected chi connectivity index (χ1v) is 7.49. The van der Waals surface area contributed by atoms with Crippen LogP contribution in [-0.4, -0.2) is 28.2 Å². The maximum atomic E-state index is 13.0. The Labute approximate surface area is 132 Å². The van der Waals surface area contributed by atoms with E-state index in [9.17, 15) is 4.39 Å². The summed E-state index contributed by atoms with van der Waals surface area (Å²) in [7, 11) is 0. The Morgan fingerprint density at radius 2 is 2.00 bits per heavy atom. The van der Waals surface area contributed by atoms with E-state index in [0.717, 1.165) is 42.0 Å². The second-order valence-electron chi connectivity index (χ2n) is 5.58.